The van der Waals surface area contributed by atoms with Crippen LogP contribution in [-0.2, 0) is 6.54 Å². The van der Waals surface area contributed by atoms with Crippen molar-refractivity contribution < 1.29 is 18.4 Å². The zero-order valence-corrected chi connectivity index (χ0v) is 12.8. The third kappa shape index (κ3) is 5.04. The topological polar surface area (TPSA) is 67.6 Å². The SMILES string of the molecule is CC1CN(Cc2cc([N+](=O)[O-])ccc2OC(F)F)CCN1.Cl. The molecule has 0 amide bonds. The van der Waals surface area contributed by atoms with Gasteiger partial charge in [-0.1, -0.05) is 0 Å². The second-order valence-electron chi connectivity index (χ2n) is 5.02. The number of alkyl halides is 2. The molecule has 1 saturated heterocycles. The Kier molecular flexibility index (Phi) is 6.92. The zero-order chi connectivity index (χ0) is 15.4. The molecule has 0 saturated carbocycles. The van der Waals surface area contributed by atoms with Gasteiger partial charge >= 0.3 is 6.61 Å². The Labute approximate surface area is 133 Å². The summed E-state index contributed by atoms with van der Waals surface area (Å²) in [7, 11) is 0. The van der Waals surface area contributed by atoms with Crippen molar-refractivity contribution in [3.63, 3.8) is 0 Å². The van der Waals surface area contributed by atoms with Gasteiger partial charge in [-0.15, -0.1) is 12.4 Å². The van der Waals surface area contributed by atoms with Gasteiger partial charge < -0.3 is 10.1 Å². The Bertz CT molecular complexity index is 519. The quantitative estimate of drug-likeness (QED) is 0.660. The molecule has 1 unspecified atom stereocenters. The highest BCUT2D eigenvalue weighted by atomic mass is 35.5. The Morgan fingerprint density at radius 3 is 2.86 bits per heavy atom. The number of hydrogen-bond donors (Lipinski definition) is 1. The average molecular weight is 338 g/mol. The summed E-state index contributed by atoms with van der Waals surface area (Å²) < 4.78 is 29.3. The van der Waals surface area contributed by atoms with E-state index in [2.05, 4.69) is 15.0 Å². The van der Waals surface area contributed by atoms with Gasteiger partial charge in [-0.3, -0.25) is 15.0 Å². The number of halogens is 3. The highest BCUT2D eigenvalue weighted by Gasteiger charge is 2.20. The minimum absolute atomic E-state index is 0. The highest BCUT2D eigenvalue weighted by Crippen LogP contribution is 2.27. The summed E-state index contributed by atoms with van der Waals surface area (Å²) in [5, 5.41) is 14.1. The van der Waals surface area contributed by atoms with Crippen molar-refractivity contribution in [2.45, 2.75) is 26.1 Å². The molecular weight excluding hydrogens is 320 g/mol. The van der Waals surface area contributed by atoms with Crippen molar-refractivity contribution in [1.82, 2.24) is 10.2 Å². The largest absolute Gasteiger partial charge is 0.434 e. The summed E-state index contributed by atoms with van der Waals surface area (Å²) in [6.07, 6.45) is 0. The lowest BCUT2D eigenvalue weighted by Crippen LogP contribution is -2.48. The molecular formula is C13H18ClF2N3O3. The summed E-state index contributed by atoms with van der Waals surface area (Å²) >= 11 is 0. The van der Waals surface area contributed by atoms with E-state index in [0.29, 0.717) is 12.1 Å². The lowest BCUT2D eigenvalue weighted by molar-refractivity contribution is -0.385. The number of nitrogens with one attached hydrogen (secondary N) is 1. The monoisotopic (exact) mass is 337 g/mol. The van der Waals surface area contributed by atoms with E-state index in [-0.39, 0.29) is 29.9 Å². The molecule has 1 aliphatic rings. The fourth-order valence-corrected chi connectivity index (χ4v) is 2.41. The minimum Gasteiger partial charge on any atom is -0.434 e. The molecule has 1 atom stereocenters. The maximum absolute atomic E-state index is 12.4. The van der Waals surface area contributed by atoms with Gasteiger partial charge in [0.1, 0.15) is 5.75 Å². The second-order valence-corrected chi connectivity index (χ2v) is 5.02. The summed E-state index contributed by atoms with van der Waals surface area (Å²) in [6.45, 7) is 1.71. The van der Waals surface area contributed by atoms with Crippen LogP contribution in [0.25, 0.3) is 0 Å². The lowest BCUT2D eigenvalue weighted by atomic mass is 10.1. The molecule has 1 heterocycles. The van der Waals surface area contributed by atoms with Crippen LogP contribution in [0.1, 0.15) is 12.5 Å². The van der Waals surface area contributed by atoms with E-state index in [1.165, 1.54) is 18.2 Å². The maximum Gasteiger partial charge on any atom is 0.387 e. The molecule has 6 nitrogen and oxygen atoms in total. The van der Waals surface area contributed by atoms with E-state index in [9.17, 15) is 18.9 Å². The number of nitrogens with zero attached hydrogens (tertiary/aromatic N) is 2. The lowest BCUT2D eigenvalue weighted by Gasteiger charge is -2.32. The fraction of sp³-hybridized carbons (Fsp3) is 0.538. The van der Waals surface area contributed by atoms with Crippen LogP contribution in [0.15, 0.2) is 18.2 Å². The Hall–Kier alpha value is -1.51. The van der Waals surface area contributed by atoms with Gasteiger partial charge in [0.25, 0.3) is 5.69 Å². The molecule has 0 spiro atoms. The van der Waals surface area contributed by atoms with Crippen LogP contribution in [0.5, 0.6) is 5.75 Å². The van der Waals surface area contributed by atoms with Gasteiger partial charge in [0.15, 0.2) is 0 Å². The van der Waals surface area contributed by atoms with Crippen molar-refractivity contribution >= 4 is 18.1 Å². The summed E-state index contributed by atoms with van der Waals surface area (Å²) in [4.78, 5) is 12.3. The van der Waals surface area contributed by atoms with Crippen LogP contribution >= 0.6 is 12.4 Å². The van der Waals surface area contributed by atoms with Gasteiger partial charge in [0.2, 0.25) is 0 Å². The van der Waals surface area contributed by atoms with E-state index < -0.39 is 11.5 Å². The molecule has 0 bridgehead atoms. The van der Waals surface area contributed by atoms with E-state index in [4.69, 9.17) is 0 Å². The Morgan fingerprint density at radius 1 is 1.55 bits per heavy atom. The van der Waals surface area contributed by atoms with E-state index >= 15 is 0 Å². The number of ether oxygens (including phenoxy) is 1. The van der Waals surface area contributed by atoms with Crippen molar-refractivity contribution in [2.75, 3.05) is 19.6 Å². The standard InChI is InChI=1S/C13H17F2N3O3.ClH/c1-9-7-17(5-4-16-9)8-10-6-11(18(19)20)2-3-12(10)21-13(14)15;/h2-3,6,9,13,16H,4-5,7-8H2,1H3;1H. The van der Waals surface area contributed by atoms with Gasteiger partial charge in [-0.25, -0.2) is 0 Å². The molecule has 124 valence electrons. The minimum atomic E-state index is -2.95. The van der Waals surface area contributed by atoms with Crippen LogP contribution in [0.2, 0.25) is 0 Å². The first-order chi connectivity index (χ1) is 9.95. The predicted octanol–water partition coefficient (Wildman–Crippen LogP) is 2.41. The average Bonchev–Trinajstić information content (AvgIpc) is 2.40. The molecule has 1 fully saturated rings. The fourth-order valence-electron chi connectivity index (χ4n) is 2.41. The van der Waals surface area contributed by atoms with Crippen LogP contribution in [0.3, 0.4) is 0 Å². The van der Waals surface area contributed by atoms with Crippen molar-refractivity contribution in [2.24, 2.45) is 0 Å². The van der Waals surface area contributed by atoms with Gasteiger partial charge in [-0.05, 0) is 13.0 Å². The molecule has 22 heavy (non-hydrogen) atoms. The van der Waals surface area contributed by atoms with Crippen LogP contribution in [0, 0.1) is 10.1 Å². The molecule has 1 aliphatic heterocycles. The second kappa shape index (κ2) is 8.21. The first-order valence-electron chi connectivity index (χ1n) is 6.63. The molecule has 1 N–H and O–H groups in total. The summed E-state index contributed by atoms with van der Waals surface area (Å²) in [6, 6.07) is 3.98. The number of benzene rings is 1. The number of non-ortho nitro benzene ring substituents is 1. The van der Waals surface area contributed by atoms with Crippen LogP contribution < -0.4 is 10.1 Å². The van der Waals surface area contributed by atoms with Crippen LogP contribution in [-0.4, -0.2) is 42.1 Å². The Morgan fingerprint density at radius 2 is 2.27 bits per heavy atom. The van der Waals surface area contributed by atoms with Crippen molar-refractivity contribution in [3.8, 4) is 5.75 Å². The molecule has 0 aromatic heterocycles. The first kappa shape index (κ1) is 18.5. The van der Waals surface area contributed by atoms with Crippen molar-refractivity contribution in [1.29, 1.82) is 0 Å². The predicted molar refractivity (Wildman–Crippen MR) is 79.7 cm³/mol. The number of nitro groups is 1. The van der Waals surface area contributed by atoms with E-state index in [0.717, 1.165) is 19.6 Å². The number of rotatable bonds is 5. The van der Waals surface area contributed by atoms with Gasteiger partial charge in [0, 0.05) is 49.9 Å². The molecule has 9 heteroatoms. The summed E-state index contributed by atoms with van der Waals surface area (Å²) in [5.74, 6) is -0.0122. The molecule has 0 radical (unpaired) electrons. The van der Waals surface area contributed by atoms with E-state index in [1.807, 2.05) is 6.92 Å². The highest BCUT2D eigenvalue weighted by molar-refractivity contribution is 5.85. The Balaban J connectivity index is 0.00000242. The normalized spacial score (nSPS) is 18.8. The third-order valence-electron chi connectivity index (χ3n) is 3.32. The first-order valence-corrected chi connectivity index (χ1v) is 6.63. The van der Waals surface area contributed by atoms with Crippen LogP contribution in [0.4, 0.5) is 14.5 Å². The maximum atomic E-state index is 12.4. The number of hydrogen-bond acceptors (Lipinski definition) is 5. The molecule has 0 aliphatic carbocycles. The smallest absolute Gasteiger partial charge is 0.387 e. The molecule has 2 rings (SSSR count). The van der Waals surface area contributed by atoms with E-state index in [1.54, 1.807) is 0 Å². The zero-order valence-electron chi connectivity index (χ0n) is 12.0. The van der Waals surface area contributed by atoms with Gasteiger partial charge in [-0.2, -0.15) is 8.78 Å². The molecule has 1 aromatic carbocycles. The molecule has 1 aromatic rings. The van der Waals surface area contributed by atoms with Crippen molar-refractivity contribution in [3.05, 3.63) is 33.9 Å². The summed E-state index contributed by atoms with van der Waals surface area (Å²) in [5.41, 5.74) is 0.272. The third-order valence-corrected chi connectivity index (χ3v) is 3.32. The van der Waals surface area contributed by atoms with Gasteiger partial charge in [0.05, 0.1) is 4.92 Å². The number of nitro benzene ring substituents is 1. The number of piperazine rings is 1.